The largest absolute Gasteiger partial charge is 0.394 e. The van der Waals surface area contributed by atoms with Crippen molar-refractivity contribution in [2.75, 3.05) is 6.61 Å². The number of carbonyl (C=O) groups excluding carboxylic acids is 1. The van der Waals surface area contributed by atoms with Crippen LogP contribution in [-0.4, -0.2) is 34.9 Å². The van der Waals surface area contributed by atoms with Crippen molar-refractivity contribution in [1.82, 2.24) is 5.32 Å². The molecule has 0 aromatic rings. The highest BCUT2D eigenvalue weighted by Gasteiger charge is 2.17. The number of nitrogens with one attached hydrogen (secondary N) is 1. The van der Waals surface area contributed by atoms with Crippen molar-refractivity contribution in [3.63, 3.8) is 0 Å². The Kier molecular flexibility index (Phi) is 30.1. The molecule has 2 unspecified atom stereocenters. The van der Waals surface area contributed by atoms with Gasteiger partial charge in [-0.15, -0.1) is 0 Å². The molecule has 0 fully saturated rings. The van der Waals surface area contributed by atoms with Crippen molar-refractivity contribution in [2.24, 2.45) is 0 Å². The van der Waals surface area contributed by atoms with Gasteiger partial charge in [-0.1, -0.05) is 126 Å². The van der Waals surface area contributed by atoms with Crippen molar-refractivity contribution in [2.45, 2.75) is 154 Å². The average molecular weight is 558 g/mol. The van der Waals surface area contributed by atoms with Gasteiger partial charge in [-0.2, -0.15) is 0 Å². The Balaban J connectivity index is 3.79. The Morgan fingerprint density at radius 3 is 1.60 bits per heavy atom. The minimum Gasteiger partial charge on any atom is -0.394 e. The van der Waals surface area contributed by atoms with Crippen LogP contribution in [0.4, 0.5) is 0 Å². The smallest absolute Gasteiger partial charge is 0.220 e. The van der Waals surface area contributed by atoms with Gasteiger partial charge in [-0.05, 0) is 70.6 Å². The lowest BCUT2D eigenvalue weighted by Crippen LogP contribution is -2.45. The van der Waals surface area contributed by atoms with Gasteiger partial charge in [0.25, 0.3) is 0 Å². The van der Waals surface area contributed by atoms with E-state index in [4.69, 9.17) is 0 Å². The van der Waals surface area contributed by atoms with Gasteiger partial charge in [-0.3, -0.25) is 4.79 Å². The number of allylic oxidation sites excluding steroid dienone is 9. The Morgan fingerprint density at radius 2 is 1.05 bits per heavy atom. The number of aliphatic hydroxyl groups is 2. The molecule has 0 aliphatic carbocycles. The molecular formula is C36H63NO3. The van der Waals surface area contributed by atoms with Gasteiger partial charge in [0.15, 0.2) is 0 Å². The summed E-state index contributed by atoms with van der Waals surface area (Å²) >= 11 is 0. The second-order valence-electron chi connectivity index (χ2n) is 10.9. The highest BCUT2D eigenvalue weighted by atomic mass is 16.3. The van der Waals surface area contributed by atoms with E-state index in [1.54, 1.807) is 6.08 Å². The molecule has 0 aliphatic rings. The minimum absolute atomic E-state index is 0.0956. The van der Waals surface area contributed by atoms with E-state index in [9.17, 15) is 15.0 Å². The van der Waals surface area contributed by atoms with E-state index in [1.165, 1.54) is 70.6 Å². The van der Waals surface area contributed by atoms with Gasteiger partial charge in [0.1, 0.15) is 0 Å². The van der Waals surface area contributed by atoms with Crippen molar-refractivity contribution in [1.29, 1.82) is 0 Å². The lowest BCUT2D eigenvalue weighted by Gasteiger charge is -2.19. The zero-order chi connectivity index (χ0) is 29.4. The number of aliphatic hydroxyl groups excluding tert-OH is 2. The van der Waals surface area contributed by atoms with Crippen LogP contribution in [0, 0.1) is 0 Å². The summed E-state index contributed by atoms with van der Waals surface area (Å²) in [7, 11) is 0. The zero-order valence-electron chi connectivity index (χ0n) is 26.1. The van der Waals surface area contributed by atoms with Crippen LogP contribution in [0.3, 0.4) is 0 Å². The van der Waals surface area contributed by atoms with Crippen LogP contribution in [0.2, 0.25) is 0 Å². The van der Waals surface area contributed by atoms with Crippen molar-refractivity contribution in [3.8, 4) is 0 Å². The molecule has 40 heavy (non-hydrogen) atoms. The Bertz CT molecular complexity index is 692. The molecule has 230 valence electrons. The van der Waals surface area contributed by atoms with Gasteiger partial charge in [0.05, 0.1) is 18.8 Å². The van der Waals surface area contributed by atoms with Crippen molar-refractivity contribution >= 4 is 5.91 Å². The first kappa shape index (κ1) is 38.1. The molecule has 0 spiro atoms. The fraction of sp³-hybridized carbons (Fsp3) is 0.694. The third-order valence-corrected chi connectivity index (χ3v) is 6.98. The summed E-state index contributed by atoms with van der Waals surface area (Å²) in [6.07, 6.45) is 42.9. The second kappa shape index (κ2) is 31.6. The number of rotatable bonds is 28. The first-order chi connectivity index (χ1) is 19.7. The lowest BCUT2D eigenvalue weighted by atomic mass is 10.1. The first-order valence-corrected chi connectivity index (χ1v) is 16.5. The zero-order valence-corrected chi connectivity index (χ0v) is 26.1. The van der Waals surface area contributed by atoms with Gasteiger partial charge in [0, 0.05) is 6.42 Å². The summed E-state index contributed by atoms with van der Waals surface area (Å²) in [4.78, 5) is 12.3. The highest BCUT2D eigenvalue weighted by Crippen LogP contribution is 2.10. The topological polar surface area (TPSA) is 69.6 Å². The van der Waals surface area contributed by atoms with E-state index in [0.29, 0.717) is 6.42 Å². The maximum atomic E-state index is 12.3. The normalized spacial score (nSPS) is 14.0. The van der Waals surface area contributed by atoms with Crippen molar-refractivity contribution < 1.29 is 15.0 Å². The molecule has 2 atom stereocenters. The molecule has 0 saturated carbocycles. The summed E-state index contributed by atoms with van der Waals surface area (Å²) in [5.74, 6) is -0.0956. The molecule has 1 amide bonds. The van der Waals surface area contributed by atoms with Gasteiger partial charge >= 0.3 is 0 Å². The minimum atomic E-state index is -0.874. The maximum absolute atomic E-state index is 12.3. The molecule has 4 nitrogen and oxygen atoms in total. The summed E-state index contributed by atoms with van der Waals surface area (Å²) in [5, 5.41) is 22.8. The predicted molar refractivity (Wildman–Crippen MR) is 174 cm³/mol. The van der Waals surface area contributed by atoms with Crippen LogP contribution in [0.15, 0.2) is 60.8 Å². The molecule has 0 aromatic heterocycles. The second-order valence-corrected chi connectivity index (χ2v) is 10.9. The quantitative estimate of drug-likeness (QED) is 0.0510. The molecule has 0 heterocycles. The first-order valence-electron chi connectivity index (χ1n) is 16.5. The van der Waals surface area contributed by atoms with Crippen LogP contribution in [0.5, 0.6) is 0 Å². The summed E-state index contributed by atoms with van der Waals surface area (Å²) in [6.45, 7) is 4.19. The Morgan fingerprint density at radius 1 is 0.600 bits per heavy atom. The monoisotopic (exact) mass is 557 g/mol. The summed E-state index contributed by atoms with van der Waals surface area (Å²) in [6, 6.07) is -0.650. The standard InChI is InChI=1S/C36H63NO3/c1-3-5-7-9-11-13-15-17-18-20-22-24-26-28-30-32-36(40)37-34(33-38)35(39)31-29-27-25-23-21-19-16-14-12-10-8-6-4-2/h11-15,17,21,23,29,31,34-35,38-39H,3-10,16,18-20,22,24-28,30,32-33H2,1-2H3,(H,37,40)/b13-11-,14-12+,17-15-,23-21+,31-29+. The van der Waals surface area contributed by atoms with Crippen molar-refractivity contribution in [3.05, 3.63) is 60.8 Å². The van der Waals surface area contributed by atoms with Gasteiger partial charge in [0.2, 0.25) is 5.91 Å². The van der Waals surface area contributed by atoms with Crippen LogP contribution in [0.25, 0.3) is 0 Å². The number of carbonyl (C=O) groups is 1. The number of unbranched alkanes of at least 4 members (excludes halogenated alkanes) is 14. The molecule has 0 radical (unpaired) electrons. The number of amides is 1. The maximum Gasteiger partial charge on any atom is 0.220 e. The highest BCUT2D eigenvalue weighted by molar-refractivity contribution is 5.76. The lowest BCUT2D eigenvalue weighted by molar-refractivity contribution is -0.123. The molecule has 0 aromatic carbocycles. The van der Waals surface area contributed by atoms with Gasteiger partial charge < -0.3 is 15.5 Å². The number of hydrogen-bond donors (Lipinski definition) is 3. The van der Waals surface area contributed by atoms with Crippen LogP contribution in [-0.2, 0) is 4.79 Å². The summed E-state index contributed by atoms with van der Waals surface area (Å²) in [5.41, 5.74) is 0. The number of hydrogen-bond acceptors (Lipinski definition) is 3. The molecule has 0 bridgehead atoms. The molecular weight excluding hydrogens is 494 g/mol. The van der Waals surface area contributed by atoms with Crippen LogP contribution < -0.4 is 5.32 Å². The Labute approximate surface area is 247 Å². The van der Waals surface area contributed by atoms with E-state index in [2.05, 4.69) is 67.8 Å². The van der Waals surface area contributed by atoms with E-state index >= 15 is 0 Å². The SMILES string of the molecule is CCCCC/C=C\C=C/CCCCCCCCC(=O)NC(CO)C(O)/C=C/CC/C=C/CC/C=C/CCCCC. The van der Waals surface area contributed by atoms with E-state index < -0.39 is 12.1 Å². The Hall–Kier alpha value is -1.91. The van der Waals surface area contributed by atoms with Gasteiger partial charge in [-0.25, -0.2) is 0 Å². The van der Waals surface area contributed by atoms with E-state index in [0.717, 1.165) is 51.4 Å². The van der Waals surface area contributed by atoms with Crippen LogP contribution in [0.1, 0.15) is 142 Å². The summed E-state index contributed by atoms with van der Waals surface area (Å²) < 4.78 is 0. The van der Waals surface area contributed by atoms with E-state index in [1.807, 2.05) is 6.08 Å². The van der Waals surface area contributed by atoms with Crippen LogP contribution >= 0.6 is 0 Å². The molecule has 4 heteroatoms. The molecule has 0 saturated heterocycles. The predicted octanol–water partition coefficient (Wildman–Crippen LogP) is 9.45. The fourth-order valence-electron chi connectivity index (χ4n) is 4.37. The molecule has 0 rings (SSSR count). The molecule has 3 N–H and O–H groups in total. The molecule has 0 aliphatic heterocycles. The fourth-order valence-corrected chi connectivity index (χ4v) is 4.37. The average Bonchev–Trinajstić information content (AvgIpc) is 2.96. The third-order valence-electron chi connectivity index (χ3n) is 6.98. The van der Waals surface area contributed by atoms with E-state index in [-0.39, 0.29) is 12.5 Å². The third kappa shape index (κ3) is 27.6.